The first-order valence-corrected chi connectivity index (χ1v) is 12.4. The average molecular weight is 430 g/mol. The lowest BCUT2D eigenvalue weighted by molar-refractivity contribution is 0.0989. The Bertz CT molecular complexity index is 817. The molecule has 2 aromatic heterocycles. The molecule has 0 spiro atoms. The molecular weight excluding hydrogens is 398 g/mol. The van der Waals surface area contributed by atoms with Crippen molar-refractivity contribution in [1.29, 1.82) is 0 Å². The van der Waals surface area contributed by atoms with Gasteiger partial charge in [-0.1, -0.05) is 45.1 Å². The molecule has 1 saturated carbocycles. The largest absolute Gasteiger partial charge is 0.297 e. The van der Waals surface area contributed by atoms with Crippen LogP contribution in [-0.2, 0) is 0 Å². The maximum atomic E-state index is 13.2. The van der Waals surface area contributed by atoms with Gasteiger partial charge in [-0.25, -0.2) is 4.98 Å². The standard InChI is InChI=1S/C23H31N3OS2/c1-3-19(13-14-24-2)20-17-29-23(25-20)26(22(27)21-12-8-16-28-21)15-7-11-18-9-5-4-6-10-18/h8,12-14,16-18H,3-7,9-11,15H2,1-2H3/b19-13+,24-14-. The Morgan fingerprint density at radius 2 is 2.14 bits per heavy atom. The summed E-state index contributed by atoms with van der Waals surface area (Å²) < 4.78 is 0. The number of nitrogens with zero attached hydrogens (tertiary/aromatic N) is 3. The van der Waals surface area contributed by atoms with Gasteiger partial charge in [-0.15, -0.1) is 22.7 Å². The van der Waals surface area contributed by atoms with Crippen LogP contribution >= 0.6 is 22.7 Å². The van der Waals surface area contributed by atoms with Crippen LogP contribution in [0.15, 0.2) is 34.0 Å². The maximum absolute atomic E-state index is 13.2. The van der Waals surface area contributed by atoms with E-state index in [0.29, 0.717) is 0 Å². The first kappa shape index (κ1) is 21.9. The van der Waals surface area contributed by atoms with Crippen molar-refractivity contribution >= 4 is 45.5 Å². The number of anilines is 1. The molecule has 1 aliphatic carbocycles. The highest BCUT2D eigenvalue weighted by Gasteiger charge is 2.22. The summed E-state index contributed by atoms with van der Waals surface area (Å²) in [5.41, 5.74) is 2.09. The molecule has 0 aromatic carbocycles. The van der Waals surface area contributed by atoms with Gasteiger partial charge >= 0.3 is 0 Å². The minimum absolute atomic E-state index is 0.0710. The molecular formula is C23H31N3OS2. The highest BCUT2D eigenvalue weighted by molar-refractivity contribution is 7.14. The molecule has 29 heavy (non-hydrogen) atoms. The highest BCUT2D eigenvalue weighted by atomic mass is 32.1. The van der Waals surface area contributed by atoms with E-state index < -0.39 is 0 Å². The number of hydrogen-bond donors (Lipinski definition) is 0. The summed E-state index contributed by atoms with van der Waals surface area (Å²) in [5, 5.41) is 4.82. The molecule has 1 fully saturated rings. The summed E-state index contributed by atoms with van der Waals surface area (Å²) >= 11 is 3.06. The molecule has 3 rings (SSSR count). The van der Waals surface area contributed by atoms with Gasteiger partial charge in [0.2, 0.25) is 0 Å². The number of allylic oxidation sites excluding steroid dienone is 2. The molecule has 0 radical (unpaired) electrons. The minimum atomic E-state index is 0.0710. The van der Waals surface area contributed by atoms with Gasteiger partial charge in [0.1, 0.15) is 0 Å². The number of amides is 1. The van der Waals surface area contributed by atoms with Gasteiger partial charge in [0.15, 0.2) is 5.13 Å². The Balaban J connectivity index is 1.74. The van der Waals surface area contributed by atoms with Gasteiger partial charge < -0.3 is 0 Å². The topological polar surface area (TPSA) is 45.6 Å². The number of thiophene rings is 1. The van der Waals surface area contributed by atoms with Crippen molar-refractivity contribution in [1.82, 2.24) is 4.98 Å². The van der Waals surface area contributed by atoms with Crippen LogP contribution in [0.25, 0.3) is 5.57 Å². The number of aromatic nitrogens is 1. The number of carbonyl (C=O) groups is 1. The molecule has 0 atom stereocenters. The predicted molar refractivity (Wildman–Crippen MR) is 127 cm³/mol. The van der Waals surface area contributed by atoms with E-state index in [0.717, 1.165) is 46.6 Å². The second-order valence-corrected chi connectivity index (χ2v) is 9.33. The highest BCUT2D eigenvalue weighted by Crippen LogP contribution is 2.30. The van der Waals surface area contributed by atoms with Crippen molar-refractivity contribution < 1.29 is 4.79 Å². The van der Waals surface area contributed by atoms with Crippen LogP contribution in [-0.4, -0.2) is 30.7 Å². The first-order valence-electron chi connectivity index (χ1n) is 10.7. The van der Waals surface area contributed by atoms with Crippen molar-refractivity contribution in [3.8, 4) is 0 Å². The Hall–Kier alpha value is -1.79. The molecule has 0 saturated heterocycles. The Morgan fingerprint density at radius 1 is 1.31 bits per heavy atom. The molecule has 0 aliphatic heterocycles. The third kappa shape index (κ3) is 6.09. The Kier molecular flexibility index (Phi) is 8.62. The Labute approximate surface area is 182 Å². The van der Waals surface area contributed by atoms with E-state index in [1.54, 1.807) is 24.6 Å². The van der Waals surface area contributed by atoms with Gasteiger partial charge in [0.25, 0.3) is 5.91 Å². The molecule has 0 bridgehead atoms. The molecule has 0 N–H and O–H groups in total. The summed E-state index contributed by atoms with van der Waals surface area (Å²) in [6.07, 6.45) is 13.8. The molecule has 2 aromatic rings. The molecule has 1 aliphatic rings. The van der Waals surface area contributed by atoms with Crippen LogP contribution in [0, 0.1) is 5.92 Å². The number of thiazole rings is 1. The fraction of sp³-hybridized carbons (Fsp3) is 0.522. The second-order valence-electron chi connectivity index (χ2n) is 7.55. The summed E-state index contributed by atoms with van der Waals surface area (Å²) in [4.78, 5) is 24.7. The zero-order chi connectivity index (χ0) is 20.5. The van der Waals surface area contributed by atoms with E-state index in [2.05, 4.69) is 17.3 Å². The number of aliphatic imine (C=N–C) groups is 1. The number of hydrogen-bond acceptors (Lipinski definition) is 5. The summed E-state index contributed by atoms with van der Waals surface area (Å²) in [5.74, 6) is 0.902. The lowest BCUT2D eigenvalue weighted by atomic mass is 9.86. The van der Waals surface area contributed by atoms with Gasteiger partial charge in [0.05, 0.1) is 10.6 Å². The second kappa shape index (κ2) is 11.4. The molecule has 1 amide bonds. The zero-order valence-electron chi connectivity index (χ0n) is 17.5. The monoisotopic (exact) mass is 429 g/mol. The Morgan fingerprint density at radius 3 is 2.83 bits per heavy atom. The van der Waals surface area contributed by atoms with Crippen LogP contribution < -0.4 is 4.90 Å². The van der Waals surface area contributed by atoms with Crippen molar-refractivity contribution in [2.24, 2.45) is 10.9 Å². The smallest absolute Gasteiger partial charge is 0.270 e. The lowest BCUT2D eigenvalue weighted by Gasteiger charge is -2.24. The van der Waals surface area contributed by atoms with Gasteiger partial charge in [-0.3, -0.25) is 14.7 Å². The lowest BCUT2D eigenvalue weighted by Crippen LogP contribution is -2.31. The third-order valence-electron chi connectivity index (χ3n) is 5.55. The minimum Gasteiger partial charge on any atom is -0.297 e. The average Bonchev–Trinajstić information content (AvgIpc) is 3.45. The van der Waals surface area contributed by atoms with Gasteiger partial charge in [-0.2, -0.15) is 0 Å². The van der Waals surface area contributed by atoms with E-state index in [1.165, 1.54) is 49.9 Å². The SMILES string of the molecule is CC/C(=C\C=N/C)c1csc(N(CCCC2CCCCC2)C(=O)c2cccs2)n1. The van der Waals surface area contributed by atoms with Crippen molar-refractivity contribution in [2.75, 3.05) is 18.5 Å². The van der Waals surface area contributed by atoms with Gasteiger partial charge in [0, 0.05) is 25.2 Å². The van der Waals surface area contributed by atoms with Gasteiger partial charge in [-0.05, 0) is 48.3 Å². The quantitative estimate of drug-likeness (QED) is 0.416. The normalized spacial score (nSPS) is 15.9. The van der Waals surface area contributed by atoms with Crippen molar-refractivity contribution in [2.45, 2.75) is 58.3 Å². The van der Waals surface area contributed by atoms with Crippen LogP contribution in [0.1, 0.15) is 73.7 Å². The summed E-state index contributed by atoms with van der Waals surface area (Å²) in [6.45, 7) is 2.86. The summed E-state index contributed by atoms with van der Waals surface area (Å²) in [6, 6.07) is 3.85. The van der Waals surface area contributed by atoms with Crippen LogP contribution in [0.5, 0.6) is 0 Å². The third-order valence-corrected chi connectivity index (χ3v) is 7.28. The molecule has 156 valence electrons. The first-order chi connectivity index (χ1) is 14.2. The van der Waals surface area contributed by atoms with Crippen LogP contribution in [0.4, 0.5) is 5.13 Å². The van der Waals surface area contributed by atoms with E-state index in [-0.39, 0.29) is 5.91 Å². The fourth-order valence-corrected chi connectivity index (χ4v) is 5.46. The van der Waals surface area contributed by atoms with Crippen molar-refractivity contribution in [3.63, 3.8) is 0 Å². The fourth-order valence-electron chi connectivity index (χ4n) is 3.92. The number of rotatable bonds is 9. The zero-order valence-corrected chi connectivity index (χ0v) is 19.1. The van der Waals surface area contributed by atoms with E-state index >= 15 is 0 Å². The summed E-state index contributed by atoms with van der Waals surface area (Å²) in [7, 11) is 1.77. The molecule has 0 unspecified atom stereocenters. The van der Waals surface area contributed by atoms with Crippen LogP contribution in [0.3, 0.4) is 0 Å². The van der Waals surface area contributed by atoms with Crippen molar-refractivity contribution in [3.05, 3.63) is 39.5 Å². The molecule has 4 nitrogen and oxygen atoms in total. The molecule has 6 heteroatoms. The van der Waals surface area contributed by atoms with Crippen LogP contribution in [0.2, 0.25) is 0 Å². The van der Waals surface area contributed by atoms with E-state index in [1.807, 2.05) is 28.5 Å². The predicted octanol–water partition coefficient (Wildman–Crippen LogP) is 6.71. The maximum Gasteiger partial charge on any atom is 0.270 e. The molecule has 2 heterocycles. The number of carbonyl (C=O) groups excluding carboxylic acids is 1. The van der Waals surface area contributed by atoms with E-state index in [4.69, 9.17) is 4.98 Å². The van der Waals surface area contributed by atoms with E-state index in [9.17, 15) is 4.79 Å².